The zero-order valence-corrected chi connectivity index (χ0v) is 32.7. The second kappa shape index (κ2) is 19.7. The molecule has 2 aromatic rings. The van der Waals surface area contributed by atoms with E-state index in [2.05, 4.69) is 75.4 Å². The number of hydrogen-bond acceptors (Lipinski definition) is 2. The first-order valence-electron chi connectivity index (χ1n) is 18.7. The van der Waals surface area contributed by atoms with Gasteiger partial charge in [-0.15, -0.1) is 0 Å². The summed E-state index contributed by atoms with van der Waals surface area (Å²) in [6.45, 7) is 13.6. The summed E-state index contributed by atoms with van der Waals surface area (Å²) in [7, 11) is 0. The van der Waals surface area contributed by atoms with Gasteiger partial charge in [0.2, 0.25) is 0 Å². The minimum atomic E-state index is -2.40. The molecule has 0 unspecified atom stereocenters. The Balaban J connectivity index is 0.00000248. The summed E-state index contributed by atoms with van der Waals surface area (Å²) in [5.74, 6) is 3.82. The van der Waals surface area contributed by atoms with Crippen molar-refractivity contribution >= 4 is 32.6 Å². The van der Waals surface area contributed by atoms with Crippen molar-refractivity contribution in [1.82, 2.24) is 0 Å². The molecule has 43 heavy (non-hydrogen) atoms. The second-order valence-corrected chi connectivity index (χ2v) is 29.3. The van der Waals surface area contributed by atoms with Crippen LogP contribution in [-0.4, -0.2) is 18.4 Å². The fourth-order valence-electron chi connectivity index (χ4n) is 8.20. The summed E-state index contributed by atoms with van der Waals surface area (Å²) < 4.78 is 6.42. The van der Waals surface area contributed by atoms with Gasteiger partial charge in [0.1, 0.15) is 0 Å². The van der Waals surface area contributed by atoms with Crippen molar-refractivity contribution in [3.05, 3.63) is 41.5 Å². The number of aryl methyl sites for hydroxylation is 1. The SMILES string of the molecule is CC.CCC[CH2][Sn]([CH2]CCC)([CH2]CCC)[c]1ccc(-c2ccc(C#N)c(CCC3CCC(C4CCC(C)CC4)CC3)c2)s1. The van der Waals surface area contributed by atoms with Gasteiger partial charge in [0.05, 0.1) is 0 Å². The van der Waals surface area contributed by atoms with Crippen LogP contribution in [-0.2, 0) is 6.42 Å². The molecule has 1 heterocycles. The molecule has 3 heteroatoms. The topological polar surface area (TPSA) is 23.8 Å². The molecule has 4 rings (SSSR count). The molecule has 0 spiro atoms. The average Bonchev–Trinajstić information content (AvgIpc) is 3.56. The van der Waals surface area contributed by atoms with Gasteiger partial charge in [0.25, 0.3) is 0 Å². The number of benzene rings is 1. The second-order valence-electron chi connectivity index (χ2n) is 14.1. The Morgan fingerprint density at radius 3 is 1.86 bits per heavy atom. The molecule has 1 aromatic heterocycles. The Morgan fingerprint density at radius 1 is 0.767 bits per heavy atom. The molecule has 2 aliphatic rings. The Labute approximate surface area is 275 Å². The van der Waals surface area contributed by atoms with Crippen molar-refractivity contribution in [2.75, 3.05) is 0 Å². The molecule has 2 saturated carbocycles. The molecule has 0 atom stereocenters. The number of thiophene rings is 1. The summed E-state index contributed by atoms with van der Waals surface area (Å²) in [5, 5.41) is 9.93. The van der Waals surface area contributed by atoms with Crippen molar-refractivity contribution in [2.45, 2.75) is 158 Å². The molecule has 2 fully saturated rings. The molecule has 0 amide bonds. The van der Waals surface area contributed by atoms with Crippen LogP contribution in [0, 0.1) is 35.0 Å². The third kappa shape index (κ3) is 10.6. The molecule has 0 bridgehead atoms. The first-order chi connectivity index (χ1) is 21.0. The standard InChI is InChI=1S/C26H32NS.3C4H9.C2H6.Sn/c1-19-4-9-21(10-5-19)22-11-6-20(7-12-22)8-13-23-17-24(14-15-25(23)18-27)26-3-2-16-28-26;3*1-3-4-2;1-2;/h2-3,14-15,17,19-22H,4-13H2,1H3;3*1,3-4H2,2H3;1-2H3;. The molecule has 0 radical (unpaired) electrons. The molecule has 1 aromatic carbocycles. The van der Waals surface area contributed by atoms with Crippen LogP contribution in [0.25, 0.3) is 10.4 Å². The van der Waals surface area contributed by atoms with Crippen molar-refractivity contribution in [3.8, 4) is 16.5 Å². The predicted octanol–water partition coefficient (Wildman–Crippen LogP) is 12.9. The van der Waals surface area contributed by atoms with E-state index in [0.717, 1.165) is 35.7 Å². The van der Waals surface area contributed by atoms with Crippen molar-refractivity contribution in [1.29, 1.82) is 5.26 Å². The Bertz CT molecular complexity index is 1060. The van der Waals surface area contributed by atoms with E-state index in [4.69, 9.17) is 0 Å². The van der Waals surface area contributed by atoms with E-state index in [0.29, 0.717) is 0 Å². The fraction of sp³-hybridized carbons (Fsp3) is 0.725. The average molecular weight is 711 g/mol. The number of nitrogens with zero attached hydrogens (tertiary/aromatic N) is 1. The maximum absolute atomic E-state index is 9.93. The van der Waals surface area contributed by atoms with Crippen molar-refractivity contribution < 1.29 is 0 Å². The molecule has 1 nitrogen and oxygen atoms in total. The van der Waals surface area contributed by atoms with Gasteiger partial charge in [-0.25, -0.2) is 0 Å². The molecule has 2 aliphatic carbocycles. The molecule has 0 saturated heterocycles. The molecular weight excluding hydrogens is 645 g/mol. The summed E-state index contributed by atoms with van der Waals surface area (Å²) >= 11 is -0.264. The molecular formula is C40H65NSSn. The van der Waals surface area contributed by atoms with Gasteiger partial charge in [-0.3, -0.25) is 0 Å². The van der Waals surface area contributed by atoms with Gasteiger partial charge in [-0.1, -0.05) is 33.6 Å². The van der Waals surface area contributed by atoms with Crippen LogP contribution >= 0.6 is 11.3 Å². The normalized spacial score (nSPS) is 22.4. The first kappa shape index (κ1) is 36.7. The Kier molecular flexibility index (Phi) is 16.8. The van der Waals surface area contributed by atoms with Crippen molar-refractivity contribution in [3.63, 3.8) is 0 Å². The zero-order chi connectivity index (χ0) is 31.1. The van der Waals surface area contributed by atoms with Crippen LogP contribution in [0.4, 0.5) is 0 Å². The summed E-state index contributed by atoms with van der Waals surface area (Å²) in [6.07, 6.45) is 22.2. The Morgan fingerprint density at radius 2 is 1.33 bits per heavy atom. The van der Waals surface area contributed by atoms with Gasteiger partial charge in [-0.2, -0.15) is 0 Å². The van der Waals surface area contributed by atoms with Crippen LogP contribution in [0.5, 0.6) is 0 Å². The number of rotatable bonds is 15. The van der Waals surface area contributed by atoms with Gasteiger partial charge >= 0.3 is 219 Å². The summed E-state index contributed by atoms with van der Waals surface area (Å²) in [4.78, 5) is 1.44. The van der Waals surface area contributed by atoms with E-state index in [1.165, 1.54) is 126 Å². The van der Waals surface area contributed by atoms with Crippen LogP contribution in [0.3, 0.4) is 0 Å². The third-order valence-electron chi connectivity index (χ3n) is 11.1. The van der Waals surface area contributed by atoms with E-state index >= 15 is 0 Å². The molecule has 0 aliphatic heterocycles. The quantitative estimate of drug-likeness (QED) is 0.169. The summed E-state index contributed by atoms with van der Waals surface area (Å²) in [6, 6.07) is 14.3. The fourth-order valence-corrected chi connectivity index (χ4v) is 28.3. The molecule has 240 valence electrons. The van der Waals surface area contributed by atoms with Gasteiger partial charge in [0.15, 0.2) is 0 Å². The summed E-state index contributed by atoms with van der Waals surface area (Å²) in [5.41, 5.74) is 3.55. The van der Waals surface area contributed by atoms with E-state index in [9.17, 15) is 5.26 Å². The predicted molar refractivity (Wildman–Crippen MR) is 195 cm³/mol. The van der Waals surface area contributed by atoms with Crippen LogP contribution in [0.1, 0.15) is 149 Å². The maximum atomic E-state index is 9.93. The van der Waals surface area contributed by atoms with Gasteiger partial charge in [-0.05, 0) is 24.7 Å². The first-order valence-corrected chi connectivity index (χ1v) is 26.9. The van der Waals surface area contributed by atoms with Gasteiger partial charge in [0, 0.05) is 0 Å². The van der Waals surface area contributed by atoms with E-state index in [-0.39, 0.29) is 0 Å². The number of unbranched alkanes of at least 4 members (excludes halogenated alkanes) is 3. The molecule has 0 N–H and O–H groups in total. The zero-order valence-electron chi connectivity index (χ0n) is 29.0. The number of nitriles is 1. The van der Waals surface area contributed by atoms with E-state index in [1.54, 1.807) is 0 Å². The van der Waals surface area contributed by atoms with Crippen LogP contribution in [0.2, 0.25) is 13.3 Å². The van der Waals surface area contributed by atoms with E-state index < -0.39 is 18.4 Å². The monoisotopic (exact) mass is 711 g/mol. The number of hydrogen-bond donors (Lipinski definition) is 0. The Hall–Kier alpha value is -0.791. The van der Waals surface area contributed by atoms with Gasteiger partial charge < -0.3 is 0 Å². The minimum absolute atomic E-state index is 0.850. The third-order valence-corrected chi connectivity index (χ3v) is 30.5. The van der Waals surface area contributed by atoms with Crippen molar-refractivity contribution in [2.24, 2.45) is 23.7 Å². The van der Waals surface area contributed by atoms with Crippen LogP contribution < -0.4 is 2.89 Å². The van der Waals surface area contributed by atoms with E-state index in [1.807, 2.05) is 16.7 Å². The van der Waals surface area contributed by atoms with Crippen LogP contribution in [0.15, 0.2) is 30.3 Å².